The molecule has 48 valence electrons. The average Bonchev–Trinajstić information content (AvgIpc) is 1.80. The molecule has 1 nitrogen and oxygen atoms in total. The summed E-state index contributed by atoms with van der Waals surface area (Å²) in [5.41, 5.74) is 0. The molecule has 0 aliphatic carbocycles. The minimum Gasteiger partial charge on any atom is -0.351 e. The van der Waals surface area contributed by atoms with Gasteiger partial charge in [0.05, 0.1) is 4.47 Å². The van der Waals surface area contributed by atoms with Gasteiger partial charge >= 0.3 is 0 Å². The molecular formula is C5H3Br2NS. The van der Waals surface area contributed by atoms with Crippen molar-refractivity contribution >= 4 is 44.1 Å². The van der Waals surface area contributed by atoms with E-state index in [1.54, 1.807) is 6.20 Å². The molecule has 1 N–H and O–H groups in total. The summed E-state index contributed by atoms with van der Waals surface area (Å²) in [7, 11) is 0. The van der Waals surface area contributed by atoms with Crippen molar-refractivity contribution in [3.63, 3.8) is 0 Å². The standard InChI is InChI=1S/C5H3Br2NS/c6-3-1-4(7)5(9)8-2-3/h1-2H,(H,8,9). The van der Waals surface area contributed by atoms with Crippen LogP contribution in [-0.4, -0.2) is 4.98 Å². The number of halogens is 2. The molecule has 1 aromatic heterocycles. The summed E-state index contributed by atoms with van der Waals surface area (Å²) in [6.07, 6.45) is 1.80. The quantitative estimate of drug-likeness (QED) is 0.714. The van der Waals surface area contributed by atoms with E-state index < -0.39 is 0 Å². The maximum absolute atomic E-state index is 4.89. The summed E-state index contributed by atoms with van der Waals surface area (Å²) in [6, 6.07) is 1.90. The molecule has 0 spiro atoms. The van der Waals surface area contributed by atoms with Crippen LogP contribution in [0, 0.1) is 4.64 Å². The van der Waals surface area contributed by atoms with Crippen LogP contribution in [0.15, 0.2) is 21.2 Å². The van der Waals surface area contributed by atoms with E-state index in [9.17, 15) is 0 Å². The van der Waals surface area contributed by atoms with E-state index in [4.69, 9.17) is 12.2 Å². The van der Waals surface area contributed by atoms with E-state index in [-0.39, 0.29) is 0 Å². The highest BCUT2D eigenvalue weighted by Crippen LogP contribution is 2.15. The van der Waals surface area contributed by atoms with Gasteiger partial charge in [0.15, 0.2) is 0 Å². The highest BCUT2D eigenvalue weighted by Gasteiger charge is 1.89. The second kappa shape index (κ2) is 2.94. The first kappa shape index (κ1) is 7.44. The van der Waals surface area contributed by atoms with Gasteiger partial charge in [-0.15, -0.1) is 0 Å². The third-order valence-corrected chi connectivity index (χ3v) is 2.51. The Balaban J connectivity index is 3.34. The van der Waals surface area contributed by atoms with Crippen molar-refractivity contribution in [2.24, 2.45) is 0 Å². The summed E-state index contributed by atoms with van der Waals surface area (Å²) in [4.78, 5) is 2.89. The van der Waals surface area contributed by atoms with E-state index in [1.165, 1.54) is 0 Å². The van der Waals surface area contributed by atoms with Crippen molar-refractivity contribution in [1.29, 1.82) is 0 Å². The molecule has 0 saturated heterocycles. The van der Waals surface area contributed by atoms with Crippen LogP contribution < -0.4 is 0 Å². The number of aromatic amines is 1. The van der Waals surface area contributed by atoms with Gasteiger partial charge in [-0.3, -0.25) is 0 Å². The zero-order chi connectivity index (χ0) is 6.85. The number of aromatic nitrogens is 1. The van der Waals surface area contributed by atoms with Gasteiger partial charge in [-0.2, -0.15) is 0 Å². The number of pyridine rings is 1. The maximum atomic E-state index is 4.89. The highest BCUT2D eigenvalue weighted by molar-refractivity contribution is 9.11. The molecule has 0 aliphatic heterocycles. The lowest BCUT2D eigenvalue weighted by Crippen LogP contribution is -1.73. The smallest absolute Gasteiger partial charge is 0.117 e. The molecule has 0 bridgehead atoms. The van der Waals surface area contributed by atoms with Gasteiger partial charge in [-0.05, 0) is 37.9 Å². The maximum Gasteiger partial charge on any atom is 0.117 e. The molecule has 0 saturated carbocycles. The normalized spacial score (nSPS) is 9.56. The van der Waals surface area contributed by atoms with E-state index in [2.05, 4.69) is 36.8 Å². The molecule has 0 amide bonds. The monoisotopic (exact) mass is 267 g/mol. The second-order valence-corrected chi connectivity index (χ2v) is 3.67. The molecule has 0 fully saturated rings. The Kier molecular flexibility index (Phi) is 2.43. The minimum absolute atomic E-state index is 0.721. The van der Waals surface area contributed by atoms with Gasteiger partial charge in [-0.25, -0.2) is 0 Å². The lowest BCUT2D eigenvalue weighted by molar-refractivity contribution is 1.26. The van der Waals surface area contributed by atoms with Crippen molar-refractivity contribution in [2.45, 2.75) is 0 Å². The van der Waals surface area contributed by atoms with Crippen LogP contribution >= 0.6 is 44.1 Å². The fourth-order valence-electron chi connectivity index (χ4n) is 0.432. The lowest BCUT2D eigenvalue weighted by atomic mass is 10.5. The molecular weight excluding hydrogens is 266 g/mol. The number of rotatable bonds is 0. The van der Waals surface area contributed by atoms with Gasteiger partial charge in [0, 0.05) is 10.7 Å². The van der Waals surface area contributed by atoms with Crippen LogP contribution in [0.1, 0.15) is 0 Å². The predicted molar refractivity (Wildman–Crippen MR) is 47.0 cm³/mol. The minimum atomic E-state index is 0.721. The number of H-pyrrole nitrogens is 1. The summed E-state index contributed by atoms with van der Waals surface area (Å²) in [6.45, 7) is 0. The molecule has 1 aromatic rings. The lowest BCUT2D eigenvalue weighted by Gasteiger charge is -1.90. The van der Waals surface area contributed by atoms with Crippen molar-refractivity contribution < 1.29 is 0 Å². The Morgan fingerprint density at radius 2 is 2.11 bits per heavy atom. The average molecular weight is 269 g/mol. The van der Waals surface area contributed by atoms with Crippen molar-refractivity contribution in [2.75, 3.05) is 0 Å². The topological polar surface area (TPSA) is 15.8 Å². The summed E-state index contributed by atoms with van der Waals surface area (Å²) in [5, 5.41) is 0. The SMILES string of the molecule is S=c1[nH]cc(Br)cc1Br. The molecule has 0 atom stereocenters. The second-order valence-electron chi connectivity index (χ2n) is 1.49. The first-order valence-corrected chi connectivity index (χ1v) is 4.23. The first-order chi connectivity index (χ1) is 4.20. The van der Waals surface area contributed by atoms with Gasteiger partial charge in [-0.1, -0.05) is 12.2 Å². The van der Waals surface area contributed by atoms with Crippen molar-refractivity contribution in [3.05, 3.63) is 25.8 Å². The predicted octanol–water partition coefficient (Wildman–Crippen LogP) is 3.27. The molecule has 0 radical (unpaired) electrons. The first-order valence-electron chi connectivity index (χ1n) is 2.24. The Morgan fingerprint density at radius 3 is 2.56 bits per heavy atom. The third-order valence-electron chi connectivity index (χ3n) is 0.823. The third kappa shape index (κ3) is 1.88. The molecule has 1 heterocycles. The summed E-state index contributed by atoms with van der Waals surface area (Å²) < 4.78 is 2.62. The summed E-state index contributed by atoms with van der Waals surface area (Å²) >= 11 is 11.5. The summed E-state index contributed by atoms with van der Waals surface area (Å²) in [5.74, 6) is 0. The zero-order valence-corrected chi connectivity index (χ0v) is 8.31. The van der Waals surface area contributed by atoms with Crippen molar-refractivity contribution in [1.82, 2.24) is 4.98 Å². The molecule has 0 unspecified atom stereocenters. The van der Waals surface area contributed by atoms with E-state index >= 15 is 0 Å². The van der Waals surface area contributed by atoms with Crippen LogP contribution in [0.5, 0.6) is 0 Å². The molecule has 0 aliphatic rings. The fraction of sp³-hybridized carbons (Fsp3) is 0. The van der Waals surface area contributed by atoms with E-state index in [0.717, 1.165) is 13.6 Å². The molecule has 0 aromatic carbocycles. The van der Waals surface area contributed by atoms with Gasteiger partial charge in [0.1, 0.15) is 4.64 Å². The van der Waals surface area contributed by atoms with Crippen LogP contribution in [0.25, 0.3) is 0 Å². The molecule has 9 heavy (non-hydrogen) atoms. The van der Waals surface area contributed by atoms with Crippen LogP contribution in [0.2, 0.25) is 0 Å². The van der Waals surface area contributed by atoms with Crippen molar-refractivity contribution in [3.8, 4) is 0 Å². The number of hydrogen-bond acceptors (Lipinski definition) is 1. The fourth-order valence-corrected chi connectivity index (χ4v) is 1.56. The van der Waals surface area contributed by atoms with Crippen LogP contribution in [0.3, 0.4) is 0 Å². The van der Waals surface area contributed by atoms with Crippen LogP contribution in [-0.2, 0) is 0 Å². The van der Waals surface area contributed by atoms with Gasteiger partial charge in [0.2, 0.25) is 0 Å². The Morgan fingerprint density at radius 1 is 1.44 bits per heavy atom. The molecule has 1 rings (SSSR count). The number of nitrogens with one attached hydrogen (secondary N) is 1. The number of hydrogen-bond donors (Lipinski definition) is 1. The highest BCUT2D eigenvalue weighted by atomic mass is 79.9. The Labute approximate surface area is 74.7 Å². The van der Waals surface area contributed by atoms with Gasteiger partial charge in [0.25, 0.3) is 0 Å². The van der Waals surface area contributed by atoms with Crippen LogP contribution in [0.4, 0.5) is 0 Å². The molecule has 4 heteroatoms. The van der Waals surface area contributed by atoms with E-state index in [1.807, 2.05) is 6.07 Å². The largest absolute Gasteiger partial charge is 0.351 e. The van der Waals surface area contributed by atoms with E-state index in [0.29, 0.717) is 0 Å². The van der Waals surface area contributed by atoms with Gasteiger partial charge < -0.3 is 4.98 Å². The zero-order valence-electron chi connectivity index (χ0n) is 4.32. The Hall–Kier alpha value is 0.330. The Bertz CT molecular complexity index is 268.